The summed E-state index contributed by atoms with van der Waals surface area (Å²) in [5, 5.41) is 20.4. The number of rotatable bonds is 9. The minimum atomic E-state index is -1.04. The second kappa shape index (κ2) is 10.4. The zero-order valence-electron chi connectivity index (χ0n) is 19.7. The maximum absolute atomic E-state index is 11.9. The first-order chi connectivity index (χ1) is 16.9. The summed E-state index contributed by atoms with van der Waals surface area (Å²) in [7, 11) is 4.78. The summed E-state index contributed by atoms with van der Waals surface area (Å²) >= 11 is 0. The largest absolute Gasteiger partial charge is 0.497 e. The van der Waals surface area contributed by atoms with Gasteiger partial charge in [0.1, 0.15) is 28.9 Å². The molecule has 11 nitrogen and oxygen atoms in total. The molecule has 2 aromatic heterocycles. The number of hydrogen-bond donors (Lipinski definition) is 3. The molecule has 3 heterocycles. The van der Waals surface area contributed by atoms with Crippen molar-refractivity contribution in [1.82, 2.24) is 20.3 Å². The SMILES string of the molecule is CN=CC(C=N)c1cnc2ccc(N(CC3CC(O)C(=O)N3)c3cc(OC)cc(OC)c3)nc2n1. The van der Waals surface area contributed by atoms with Crippen LogP contribution in [0.1, 0.15) is 18.0 Å². The van der Waals surface area contributed by atoms with E-state index in [1.54, 1.807) is 39.7 Å². The summed E-state index contributed by atoms with van der Waals surface area (Å²) in [6, 6.07) is 8.78. The van der Waals surface area contributed by atoms with Crippen LogP contribution in [0.3, 0.4) is 0 Å². The van der Waals surface area contributed by atoms with Crippen molar-refractivity contribution in [1.29, 1.82) is 5.41 Å². The van der Waals surface area contributed by atoms with Gasteiger partial charge in [-0.15, -0.1) is 0 Å². The first-order valence-corrected chi connectivity index (χ1v) is 11.0. The lowest BCUT2D eigenvalue weighted by Gasteiger charge is -2.27. The van der Waals surface area contributed by atoms with E-state index in [9.17, 15) is 9.90 Å². The number of aliphatic hydroxyl groups excluding tert-OH is 1. The molecule has 1 amide bonds. The molecule has 0 bridgehead atoms. The van der Waals surface area contributed by atoms with Gasteiger partial charge in [0, 0.05) is 62.4 Å². The first-order valence-electron chi connectivity index (χ1n) is 11.0. The number of aliphatic imine (C=N–C) groups is 1. The highest BCUT2D eigenvalue weighted by atomic mass is 16.5. The molecule has 182 valence electrons. The molecule has 4 rings (SSSR count). The van der Waals surface area contributed by atoms with Crippen LogP contribution >= 0.6 is 0 Å². The van der Waals surface area contributed by atoms with Crippen molar-refractivity contribution in [2.24, 2.45) is 4.99 Å². The molecule has 0 spiro atoms. The summed E-state index contributed by atoms with van der Waals surface area (Å²) in [6.07, 6.45) is 3.72. The number of aliphatic hydroxyl groups is 1. The van der Waals surface area contributed by atoms with E-state index in [0.717, 1.165) is 5.69 Å². The normalized spacial score (nSPS) is 18.5. The minimum absolute atomic E-state index is 0.283. The topological polar surface area (TPSA) is 146 Å². The molecule has 1 aliphatic heterocycles. The van der Waals surface area contributed by atoms with Gasteiger partial charge in [0.05, 0.1) is 32.0 Å². The number of amides is 1. The molecule has 0 aliphatic carbocycles. The van der Waals surface area contributed by atoms with Crippen molar-refractivity contribution in [3.05, 3.63) is 42.2 Å². The Morgan fingerprint density at radius 1 is 1.26 bits per heavy atom. The Labute approximate surface area is 202 Å². The van der Waals surface area contributed by atoms with E-state index in [1.165, 1.54) is 6.21 Å². The highest BCUT2D eigenvalue weighted by Crippen LogP contribution is 2.33. The Bertz CT molecular complexity index is 1240. The average Bonchev–Trinajstić information content (AvgIpc) is 3.21. The molecular formula is C24H27N7O4. The summed E-state index contributed by atoms with van der Waals surface area (Å²) in [4.78, 5) is 31.6. The van der Waals surface area contributed by atoms with Gasteiger partial charge >= 0.3 is 0 Å². The number of benzene rings is 1. The van der Waals surface area contributed by atoms with Crippen LogP contribution in [-0.2, 0) is 4.79 Å². The van der Waals surface area contributed by atoms with Gasteiger partial charge in [0.25, 0.3) is 0 Å². The molecule has 11 heteroatoms. The molecule has 1 aromatic carbocycles. The number of pyridine rings is 1. The fraction of sp³-hybridized carbons (Fsp3) is 0.333. The highest BCUT2D eigenvalue weighted by molar-refractivity contribution is 5.89. The van der Waals surface area contributed by atoms with Crippen molar-refractivity contribution < 1.29 is 19.4 Å². The lowest BCUT2D eigenvalue weighted by molar-refractivity contribution is -0.126. The van der Waals surface area contributed by atoms with Gasteiger partial charge in [-0.3, -0.25) is 14.8 Å². The van der Waals surface area contributed by atoms with E-state index in [2.05, 4.69) is 20.3 Å². The van der Waals surface area contributed by atoms with Crippen molar-refractivity contribution in [2.45, 2.75) is 24.5 Å². The summed E-state index contributed by atoms with van der Waals surface area (Å²) in [5.41, 5.74) is 2.29. The van der Waals surface area contributed by atoms with Crippen LogP contribution in [0.5, 0.6) is 11.5 Å². The lowest BCUT2D eigenvalue weighted by Crippen LogP contribution is -2.37. The monoisotopic (exact) mass is 477 g/mol. The number of hydrogen-bond acceptors (Lipinski definition) is 10. The molecule has 3 atom stereocenters. The average molecular weight is 478 g/mol. The predicted molar refractivity (Wildman–Crippen MR) is 132 cm³/mol. The second-order valence-corrected chi connectivity index (χ2v) is 8.05. The predicted octanol–water partition coefficient (Wildman–Crippen LogP) is 1.86. The van der Waals surface area contributed by atoms with Gasteiger partial charge in [0.2, 0.25) is 5.91 Å². The Hall–Kier alpha value is -4.12. The van der Waals surface area contributed by atoms with Crippen LogP contribution in [0.25, 0.3) is 11.2 Å². The van der Waals surface area contributed by atoms with E-state index in [0.29, 0.717) is 40.7 Å². The van der Waals surface area contributed by atoms with Crippen molar-refractivity contribution >= 4 is 41.0 Å². The third-order valence-electron chi connectivity index (χ3n) is 5.73. The van der Waals surface area contributed by atoms with E-state index in [-0.39, 0.29) is 12.5 Å². The second-order valence-electron chi connectivity index (χ2n) is 8.05. The van der Waals surface area contributed by atoms with Gasteiger partial charge in [-0.05, 0) is 12.1 Å². The van der Waals surface area contributed by atoms with Crippen LogP contribution < -0.4 is 19.7 Å². The third kappa shape index (κ3) is 5.19. The fourth-order valence-electron chi connectivity index (χ4n) is 3.93. The number of carbonyl (C=O) groups excluding carboxylic acids is 1. The Morgan fingerprint density at radius 3 is 2.60 bits per heavy atom. The number of ether oxygens (including phenoxy) is 2. The van der Waals surface area contributed by atoms with E-state index < -0.39 is 17.9 Å². The number of nitrogens with one attached hydrogen (secondary N) is 2. The van der Waals surface area contributed by atoms with E-state index in [4.69, 9.17) is 19.9 Å². The summed E-state index contributed by atoms with van der Waals surface area (Å²) in [6.45, 7) is 0.344. The molecule has 3 unspecified atom stereocenters. The molecule has 1 saturated heterocycles. The van der Waals surface area contributed by atoms with Gasteiger partial charge in [-0.2, -0.15) is 0 Å². The van der Waals surface area contributed by atoms with Crippen LogP contribution in [0.15, 0.2) is 41.5 Å². The number of carbonyl (C=O) groups is 1. The number of nitrogens with zero attached hydrogens (tertiary/aromatic N) is 5. The molecule has 0 radical (unpaired) electrons. The van der Waals surface area contributed by atoms with Gasteiger partial charge in [-0.1, -0.05) is 0 Å². The first kappa shape index (κ1) is 24.0. The van der Waals surface area contributed by atoms with Crippen LogP contribution in [0, 0.1) is 5.41 Å². The smallest absolute Gasteiger partial charge is 0.249 e. The number of aromatic nitrogens is 3. The summed E-state index contributed by atoms with van der Waals surface area (Å²) < 4.78 is 10.9. The summed E-state index contributed by atoms with van der Waals surface area (Å²) in [5.74, 6) is 0.947. The van der Waals surface area contributed by atoms with E-state index in [1.807, 2.05) is 29.2 Å². The molecular weight excluding hydrogens is 450 g/mol. The Morgan fingerprint density at radius 2 is 2.00 bits per heavy atom. The van der Waals surface area contributed by atoms with Gasteiger partial charge < -0.3 is 30.2 Å². The maximum atomic E-state index is 11.9. The highest BCUT2D eigenvalue weighted by Gasteiger charge is 2.32. The fourth-order valence-corrected chi connectivity index (χ4v) is 3.93. The zero-order valence-corrected chi connectivity index (χ0v) is 19.7. The van der Waals surface area contributed by atoms with Crippen LogP contribution in [0.4, 0.5) is 11.5 Å². The standard InChI is InChI=1S/C24H27N7O4/c1-26-11-14(10-25)20-12-27-19-4-5-22(30-23(19)29-20)31(13-15-6-21(32)24(33)28-15)16-7-17(34-2)9-18(8-16)35-3/h4-5,7-12,14-15,21,25,32H,6,13H2,1-3H3,(H,28,33). The minimum Gasteiger partial charge on any atom is -0.497 e. The maximum Gasteiger partial charge on any atom is 0.249 e. The molecule has 3 aromatic rings. The van der Waals surface area contributed by atoms with Gasteiger partial charge in [-0.25, -0.2) is 9.97 Å². The van der Waals surface area contributed by atoms with Crippen molar-refractivity contribution in [3.63, 3.8) is 0 Å². The Kier molecular flexibility index (Phi) is 7.16. The van der Waals surface area contributed by atoms with E-state index >= 15 is 0 Å². The lowest BCUT2D eigenvalue weighted by atomic mass is 10.1. The molecule has 1 fully saturated rings. The quantitative estimate of drug-likeness (QED) is 0.396. The number of fused-ring (bicyclic) bond motifs is 1. The number of methoxy groups -OCH3 is 2. The molecule has 0 saturated carbocycles. The molecule has 1 aliphatic rings. The Balaban J connectivity index is 1.79. The van der Waals surface area contributed by atoms with Crippen molar-refractivity contribution in [3.8, 4) is 11.5 Å². The van der Waals surface area contributed by atoms with Crippen LogP contribution in [0.2, 0.25) is 0 Å². The van der Waals surface area contributed by atoms with Gasteiger partial charge in [0.15, 0.2) is 5.65 Å². The van der Waals surface area contributed by atoms with Crippen LogP contribution in [-0.4, -0.2) is 78.4 Å². The molecule has 3 N–H and O–H groups in total. The third-order valence-corrected chi connectivity index (χ3v) is 5.73. The molecule has 35 heavy (non-hydrogen) atoms. The number of anilines is 2. The zero-order chi connectivity index (χ0) is 24.9. The van der Waals surface area contributed by atoms with Crippen molar-refractivity contribution in [2.75, 3.05) is 32.7 Å².